The Bertz CT molecular complexity index is 1340. The van der Waals surface area contributed by atoms with Crippen LogP contribution in [0.5, 0.6) is 5.75 Å². The zero-order valence-corrected chi connectivity index (χ0v) is 19.3. The molecule has 0 heterocycles. The normalized spacial score (nSPS) is 11.5. The van der Waals surface area contributed by atoms with Crippen LogP contribution < -0.4 is 10.1 Å². The molecule has 0 aromatic heterocycles. The van der Waals surface area contributed by atoms with E-state index in [4.69, 9.17) is 4.74 Å². The van der Waals surface area contributed by atoms with Crippen LogP contribution in [0.25, 0.3) is 6.08 Å². The first-order valence-corrected chi connectivity index (χ1v) is 10.6. The van der Waals surface area contributed by atoms with Crippen LogP contribution in [0.15, 0.2) is 76.8 Å². The monoisotopic (exact) mass is 545 g/mol. The summed E-state index contributed by atoms with van der Waals surface area (Å²) in [5.41, 5.74) is -2.00. The minimum Gasteiger partial charge on any atom is -0.488 e. The van der Waals surface area contributed by atoms with Gasteiger partial charge < -0.3 is 10.1 Å². The highest BCUT2D eigenvalue weighted by Gasteiger charge is 2.35. The number of nitrogens with zero attached hydrogens (tertiary/aromatic N) is 2. The van der Waals surface area contributed by atoms with Crippen molar-refractivity contribution in [3.8, 4) is 11.8 Å². The molecule has 0 atom stereocenters. The number of benzene rings is 3. The predicted octanol–water partition coefficient (Wildman–Crippen LogP) is 6.50. The molecule has 178 valence electrons. The summed E-state index contributed by atoms with van der Waals surface area (Å²) in [6.45, 7) is 0.317. The molecule has 0 spiro atoms. The van der Waals surface area contributed by atoms with Crippen molar-refractivity contribution in [2.45, 2.75) is 12.8 Å². The summed E-state index contributed by atoms with van der Waals surface area (Å²) in [6.07, 6.45) is -3.77. The van der Waals surface area contributed by atoms with Gasteiger partial charge in [-0.05, 0) is 51.3 Å². The molecule has 7 nitrogen and oxygen atoms in total. The number of non-ortho nitro benzene ring substituents is 1. The van der Waals surface area contributed by atoms with Crippen LogP contribution in [0, 0.1) is 21.4 Å². The number of halogens is 4. The lowest BCUT2D eigenvalue weighted by molar-refractivity contribution is -0.385. The molecule has 0 aliphatic carbocycles. The second kappa shape index (κ2) is 10.8. The average Bonchev–Trinajstić information content (AvgIpc) is 2.82. The Hall–Kier alpha value is -4.17. The van der Waals surface area contributed by atoms with Crippen molar-refractivity contribution >= 4 is 39.3 Å². The maximum atomic E-state index is 13.4. The molecule has 11 heteroatoms. The van der Waals surface area contributed by atoms with Crippen molar-refractivity contribution in [3.05, 3.63) is 104 Å². The summed E-state index contributed by atoms with van der Waals surface area (Å²) in [7, 11) is 0. The maximum absolute atomic E-state index is 13.4. The van der Waals surface area contributed by atoms with Crippen molar-refractivity contribution < 1.29 is 27.6 Å². The fourth-order valence-corrected chi connectivity index (χ4v) is 3.46. The number of hydrogen-bond acceptors (Lipinski definition) is 5. The second-order valence-corrected chi connectivity index (χ2v) is 7.93. The standard InChI is InChI=1S/C24H15BrF3N3O4/c25-20-11-16(6-9-22(20)35-14-15-4-2-1-3-5-15)10-17(13-29)23(32)30-21-8-7-18(31(33)34)12-19(21)24(26,27)28/h1-12H,14H2,(H,30,32). The number of carbonyl (C=O) groups is 1. The highest BCUT2D eigenvalue weighted by molar-refractivity contribution is 9.10. The van der Waals surface area contributed by atoms with Crippen molar-refractivity contribution in [3.63, 3.8) is 0 Å². The molecule has 3 aromatic rings. The Labute approximate surface area is 205 Å². The van der Waals surface area contributed by atoms with E-state index >= 15 is 0 Å². The minimum atomic E-state index is -4.97. The van der Waals surface area contributed by atoms with Gasteiger partial charge in [-0.25, -0.2) is 0 Å². The van der Waals surface area contributed by atoms with E-state index in [0.717, 1.165) is 17.7 Å². The van der Waals surface area contributed by atoms with Crippen molar-refractivity contribution in [2.24, 2.45) is 0 Å². The highest BCUT2D eigenvalue weighted by Crippen LogP contribution is 2.37. The van der Waals surface area contributed by atoms with Gasteiger partial charge in [0.1, 0.15) is 24.0 Å². The number of hydrogen-bond donors (Lipinski definition) is 1. The van der Waals surface area contributed by atoms with Gasteiger partial charge in [0, 0.05) is 12.1 Å². The molecule has 0 saturated carbocycles. The number of alkyl halides is 3. The molecule has 1 amide bonds. The maximum Gasteiger partial charge on any atom is 0.418 e. The van der Waals surface area contributed by atoms with Gasteiger partial charge in [0.05, 0.1) is 20.6 Å². The quantitative estimate of drug-likeness (QED) is 0.158. The number of carbonyl (C=O) groups excluding carboxylic acids is 1. The topological polar surface area (TPSA) is 105 Å². The van der Waals surface area contributed by atoms with Crippen LogP contribution in [0.1, 0.15) is 16.7 Å². The van der Waals surface area contributed by atoms with E-state index in [1.807, 2.05) is 35.6 Å². The van der Waals surface area contributed by atoms with Gasteiger partial charge in [0.15, 0.2) is 0 Å². The largest absolute Gasteiger partial charge is 0.488 e. The fraction of sp³-hybridized carbons (Fsp3) is 0.0833. The summed E-state index contributed by atoms with van der Waals surface area (Å²) < 4.78 is 46.3. The van der Waals surface area contributed by atoms with E-state index in [0.29, 0.717) is 28.5 Å². The molecule has 0 aliphatic heterocycles. The third-order valence-corrected chi connectivity index (χ3v) is 5.26. The Balaban J connectivity index is 1.80. The number of anilines is 1. The summed E-state index contributed by atoms with van der Waals surface area (Å²) in [4.78, 5) is 22.4. The lowest BCUT2D eigenvalue weighted by Gasteiger charge is -2.13. The Morgan fingerprint density at radius 3 is 2.46 bits per heavy atom. The molecule has 1 N–H and O–H groups in total. The van der Waals surface area contributed by atoms with Gasteiger partial charge in [-0.2, -0.15) is 18.4 Å². The third kappa shape index (κ3) is 6.68. The van der Waals surface area contributed by atoms with Crippen molar-refractivity contribution in [1.82, 2.24) is 0 Å². The number of nitro benzene ring substituents is 1. The number of nitrogens with one attached hydrogen (secondary N) is 1. The van der Waals surface area contributed by atoms with Crippen LogP contribution in [-0.4, -0.2) is 10.8 Å². The number of amides is 1. The van der Waals surface area contributed by atoms with Gasteiger partial charge in [-0.1, -0.05) is 36.4 Å². The highest BCUT2D eigenvalue weighted by atomic mass is 79.9. The fourth-order valence-electron chi connectivity index (χ4n) is 2.95. The van der Waals surface area contributed by atoms with Crippen LogP contribution in [-0.2, 0) is 17.6 Å². The Kier molecular flexibility index (Phi) is 7.88. The van der Waals surface area contributed by atoms with Gasteiger partial charge >= 0.3 is 6.18 Å². The van der Waals surface area contributed by atoms with Gasteiger partial charge in [-0.15, -0.1) is 0 Å². The molecule has 0 fully saturated rings. The van der Waals surface area contributed by atoms with E-state index in [9.17, 15) is 33.3 Å². The first kappa shape index (κ1) is 25.5. The number of ether oxygens (including phenoxy) is 1. The molecular formula is C24H15BrF3N3O4. The zero-order chi connectivity index (χ0) is 25.6. The summed E-state index contributed by atoms with van der Waals surface area (Å²) in [5, 5.41) is 22.2. The number of nitriles is 1. The molecule has 0 bridgehead atoms. The van der Waals surface area contributed by atoms with Gasteiger partial charge in [0.25, 0.3) is 11.6 Å². The first-order chi connectivity index (χ1) is 16.6. The van der Waals surface area contributed by atoms with E-state index < -0.39 is 39.5 Å². The van der Waals surface area contributed by atoms with Crippen LogP contribution in [0.3, 0.4) is 0 Å². The van der Waals surface area contributed by atoms with Crippen LogP contribution in [0.2, 0.25) is 0 Å². The molecule has 0 radical (unpaired) electrons. The third-order valence-electron chi connectivity index (χ3n) is 4.64. The minimum absolute atomic E-state index is 0.316. The molecule has 3 aromatic carbocycles. The Morgan fingerprint density at radius 1 is 1.14 bits per heavy atom. The number of rotatable bonds is 7. The molecule has 0 aliphatic rings. The SMILES string of the molecule is N#CC(=Cc1ccc(OCc2ccccc2)c(Br)c1)C(=O)Nc1ccc([N+](=O)[O-])cc1C(F)(F)F. The van der Waals surface area contributed by atoms with E-state index in [1.54, 1.807) is 24.3 Å². The average molecular weight is 546 g/mol. The van der Waals surface area contributed by atoms with E-state index in [-0.39, 0.29) is 0 Å². The van der Waals surface area contributed by atoms with Gasteiger partial charge in [-0.3, -0.25) is 14.9 Å². The van der Waals surface area contributed by atoms with Crippen LogP contribution >= 0.6 is 15.9 Å². The van der Waals surface area contributed by atoms with Crippen LogP contribution in [0.4, 0.5) is 24.5 Å². The molecule has 0 saturated heterocycles. The summed E-state index contributed by atoms with van der Waals surface area (Å²) in [6, 6.07) is 17.8. The summed E-state index contributed by atoms with van der Waals surface area (Å²) >= 11 is 3.36. The first-order valence-electron chi connectivity index (χ1n) is 9.83. The summed E-state index contributed by atoms with van der Waals surface area (Å²) in [5.74, 6) is -0.595. The van der Waals surface area contributed by atoms with E-state index in [2.05, 4.69) is 15.9 Å². The molecular weight excluding hydrogens is 531 g/mol. The second-order valence-electron chi connectivity index (χ2n) is 7.07. The smallest absolute Gasteiger partial charge is 0.418 e. The van der Waals surface area contributed by atoms with E-state index in [1.165, 1.54) is 6.08 Å². The molecule has 0 unspecified atom stereocenters. The lowest BCUT2D eigenvalue weighted by Crippen LogP contribution is -2.18. The van der Waals surface area contributed by atoms with Gasteiger partial charge in [0.2, 0.25) is 0 Å². The lowest BCUT2D eigenvalue weighted by atomic mass is 10.1. The molecule has 3 rings (SSSR count). The predicted molar refractivity (Wildman–Crippen MR) is 125 cm³/mol. The van der Waals surface area contributed by atoms with Crippen molar-refractivity contribution in [2.75, 3.05) is 5.32 Å². The van der Waals surface area contributed by atoms with Crippen molar-refractivity contribution in [1.29, 1.82) is 5.26 Å². The molecule has 35 heavy (non-hydrogen) atoms. The number of nitro groups is 1. The zero-order valence-electron chi connectivity index (χ0n) is 17.7. The Morgan fingerprint density at radius 2 is 1.86 bits per heavy atom.